The third-order valence-corrected chi connectivity index (χ3v) is 5.27. The number of benzene rings is 2. The molecule has 2 aromatic carbocycles. The molecular formula is C19H16F3NO3S. The molecule has 0 aliphatic heterocycles. The minimum Gasteiger partial charge on any atom is -0.406 e. The van der Waals surface area contributed by atoms with Crippen molar-refractivity contribution in [2.75, 3.05) is 6.54 Å². The van der Waals surface area contributed by atoms with Crippen molar-refractivity contribution in [3.63, 3.8) is 0 Å². The third kappa shape index (κ3) is 4.78. The molecule has 4 nitrogen and oxygen atoms in total. The lowest BCUT2D eigenvalue weighted by atomic mass is 10.0. The van der Waals surface area contributed by atoms with Gasteiger partial charge in [-0.2, -0.15) is 0 Å². The number of carbonyl (C=O) groups excluding carboxylic acids is 1. The minimum atomic E-state index is -4.78. The van der Waals surface area contributed by atoms with Gasteiger partial charge in [0.1, 0.15) is 11.4 Å². The van der Waals surface area contributed by atoms with E-state index in [1.807, 2.05) is 30.3 Å². The molecule has 0 fully saturated rings. The second-order valence-corrected chi connectivity index (χ2v) is 7.26. The quantitative estimate of drug-likeness (QED) is 0.672. The van der Waals surface area contributed by atoms with Crippen molar-refractivity contribution >= 4 is 27.3 Å². The molecule has 0 aliphatic carbocycles. The monoisotopic (exact) mass is 395 g/mol. The van der Waals surface area contributed by atoms with Crippen LogP contribution < -0.4 is 10.1 Å². The van der Waals surface area contributed by atoms with E-state index >= 15 is 0 Å². The fourth-order valence-corrected chi connectivity index (χ4v) is 3.60. The summed E-state index contributed by atoms with van der Waals surface area (Å²) in [5, 5.41) is 14.3. The molecule has 1 atom stereocenters. The smallest absolute Gasteiger partial charge is 0.406 e. The van der Waals surface area contributed by atoms with Gasteiger partial charge in [-0.05, 0) is 48.7 Å². The van der Waals surface area contributed by atoms with Crippen LogP contribution in [-0.4, -0.2) is 23.9 Å². The van der Waals surface area contributed by atoms with Gasteiger partial charge < -0.3 is 15.2 Å². The number of fused-ring (bicyclic) bond motifs is 1. The molecule has 142 valence electrons. The predicted molar refractivity (Wildman–Crippen MR) is 96.9 cm³/mol. The fourth-order valence-electron chi connectivity index (χ4n) is 2.50. The minimum absolute atomic E-state index is 0.0422. The average molecular weight is 395 g/mol. The van der Waals surface area contributed by atoms with Crippen molar-refractivity contribution < 1.29 is 27.8 Å². The van der Waals surface area contributed by atoms with Crippen LogP contribution in [0.5, 0.6) is 5.75 Å². The number of hydrogen-bond donors (Lipinski definition) is 2. The van der Waals surface area contributed by atoms with Crippen molar-refractivity contribution in [2.24, 2.45) is 0 Å². The Hall–Kier alpha value is -2.58. The molecule has 0 saturated heterocycles. The molecule has 0 aliphatic rings. The van der Waals surface area contributed by atoms with Gasteiger partial charge in [0.05, 0.1) is 6.54 Å². The highest BCUT2D eigenvalue weighted by atomic mass is 32.1. The zero-order valence-electron chi connectivity index (χ0n) is 14.2. The summed E-state index contributed by atoms with van der Waals surface area (Å²) in [6.45, 7) is 1.55. The van der Waals surface area contributed by atoms with Gasteiger partial charge >= 0.3 is 6.36 Å². The lowest BCUT2D eigenvalue weighted by Gasteiger charge is -2.22. The van der Waals surface area contributed by atoms with Crippen molar-refractivity contribution in [3.8, 4) is 5.75 Å². The average Bonchev–Trinajstić information content (AvgIpc) is 3.04. The van der Waals surface area contributed by atoms with E-state index in [1.165, 1.54) is 23.5 Å². The van der Waals surface area contributed by atoms with Gasteiger partial charge in [0.25, 0.3) is 5.91 Å². The van der Waals surface area contributed by atoms with Crippen LogP contribution in [0.1, 0.15) is 22.2 Å². The molecule has 1 heterocycles. The Bertz CT molecular complexity index is 916. The Balaban J connectivity index is 1.65. The first-order valence-electron chi connectivity index (χ1n) is 7.99. The van der Waals surface area contributed by atoms with Crippen LogP contribution in [0.3, 0.4) is 0 Å². The van der Waals surface area contributed by atoms with E-state index in [2.05, 4.69) is 10.1 Å². The van der Waals surface area contributed by atoms with E-state index in [0.717, 1.165) is 22.2 Å². The van der Waals surface area contributed by atoms with Crippen LogP contribution >= 0.6 is 11.3 Å². The first-order chi connectivity index (χ1) is 12.6. The molecule has 27 heavy (non-hydrogen) atoms. The summed E-state index contributed by atoms with van der Waals surface area (Å²) in [4.78, 5) is 12.9. The summed E-state index contributed by atoms with van der Waals surface area (Å²) in [6.07, 6.45) is -4.78. The number of rotatable bonds is 5. The molecule has 1 amide bonds. The highest BCUT2D eigenvalue weighted by Gasteiger charge is 2.31. The Morgan fingerprint density at radius 3 is 2.44 bits per heavy atom. The highest BCUT2D eigenvalue weighted by molar-refractivity contribution is 7.19. The van der Waals surface area contributed by atoms with E-state index in [0.29, 0.717) is 4.88 Å². The largest absolute Gasteiger partial charge is 0.573 e. The molecule has 3 aromatic rings. The molecule has 0 saturated carbocycles. The van der Waals surface area contributed by atoms with Gasteiger partial charge in [-0.3, -0.25) is 4.79 Å². The summed E-state index contributed by atoms with van der Waals surface area (Å²) in [7, 11) is 0. The molecule has 0 bridgehead atoms. The van der Waals surface area contributed by atoms with Gasteiger partial charge in [0.15, 0.2) is 0 Å². The lowest BCUT2D eigenvalue weighted by molar-refractivity contribution is -0.274. The predicted octanol–water partition coefficient (Wildman–Crippen LogP) is 4.44. The van der Waals surface area contributed by atoms with Gasteiger partial charge in [-0.1, -0.05) is 18.2 Å². The zero-order chi connectivity index (χ0) is 19.7. The van der Waals surface area contributed by atoms with Crippen LogP contribution in [0, 0.1) is 0 Å². The number of hydrogen-bond acceptors (Lipinski definition) is 4. The molecule has 1 aromatic heterocycles. The second-order valence-electron chi connectivity index (χ2n) is 6.18. The van der Waals surface area contributed by atoms with Crippen LogP contribution in [0.25, 0.3) is 10.1 Å². The van der Waals surface area contributed by atoms with Gasteiger partial charge in [0, 0.05) is 15.1 Å². The first kappa shape index (κ1) is 19.2. The van der Waals surface area contributed by atoms with Gasteiger partial charge in [0.2, 0.25) is 0 Å². The van der Waals surface area contributed by atoms with Crippen LogP contribution in [-0.2, 0) is 5.60 Å². The number of thiophene rings is 1. The summed E-state index contributed by atoms with van der Waals surface area (Å²) >= 11 is 1.43. The van der Waals surface area contributed by atoms with Gasteiger partial charge in [-0.25, -0.2) is 0 Å². The van der Waals surface area contributed by atoms with E-state index in [-0.39, 0.29) is 12.1 Å². The van der Waals surface area contributed by atoms with E-state index in [1.54, 1.807) is 6.92 Å². The van der Waals surface area contributed by atoms with Gasteiger partial charge in [-0.15, -0.1) is 24.5 Å². The maximum Gasteiger partial charge on any atom is 0.573 e. The van der Waals surface area contributed by atoms with E-state index in [9.17, 15) is 23.1 Å². The Morgan fingerprint density at radius 2 is 1.81 bits per heavy atom. The lowest BCUT2D eigenvalue weighted by Crippen LogP contribution is -2.38. The second kappa shape index (κ2) is 7.21. The number of nitrogens with one attached hydrogen (secondary N) is 1. The number of carbonyl (C=O) groups is 1. The fraction of sp³-hybridized carbons (Fsp3) is 0.211. The molecule has 1 unspecified atom stereocenters. The van der Waals surface area contributed by atoms with Crippen molar-refractivity contribution in [1.29, 1.82) is 0 Å². The molecule has 8 heteroatoms. The van der Waals surface area contributed by atoms with E-state index in [4.69, 9.17) is 0 Å². The topological polar surface area (TPSA) is 58.6 Å². The molecular weight excluding hydrogens is 379 g/mol. The number of ether oxygens (including phenoxy) is 1. The van der Waals surface area contributed by atoms with Crippen LogP contribution in [0.2, 0.25) is 0 Å². The standard InChI is InChI=1S/C19H16F3NO3S/c1-18(25,16-10-13-4-2-3-5-15(13)27-16)11-23-17(24)12-6-8-14(9-7-12)26-19(20,21)22/h2-10,25H,11H2,1H3,(H,23,24). The summed E-state index contributed by atoms with van der Waals surface area (Å²) in [5.74, 6) is -0.911. The number of aliphatic hydroxyl groups is 1. The molecule has 3 rings (SSSR count). The van der Waals surface area contributed by atoms with Crippen molar-refractivity contribution in [2.45, 2.75) is 18.9 Å². The summed E-state index contributed by atoms with van der Waals surface area (Å²) in [5.41, 5.74) is -1.12. The Kier molecular flexibility index (Phi) is 5.12. The first-order valence-corrected chi connectivity index (χ1v) is 8.81. The number of halogens is 3. The van der Waals surface area contributed by atoms with Crippen molar-refractivity contribution in [1.82, 2.24) is 5.32 Å². The van der Waals surface area contributed by atoms with Crippen LogP contribution in [0.15, 0.2) is 54.6 Å². The zero-order valence-corrected chi connectivity index (χ0v) is 15.0. The Labute approximate surface area is 157 Å². The van der Waals surface area contributed by atoms with Crippen LogP contribution in [0.4, 0.5) is 13.2 Å². The highest BCUT2D eigenvalue weighted by Crippen LogP contribution is 2.33. The molecule has 0 spiro atoms. The third-order valence-electron chi connectivity index (χ3n) is 3.90. The summed E-state index contributed by atoms with van der Waals surface area (Å²) < 4.78 is 41.3. The molecule has 2 N–H and O–H groups in total. The normalized spacial score (nSPS) is 14.0. The molecule has 0 radical (unpaired) electrons. The van der Waals surface area contributed by atoms with Crippen molar-refractivity contribution in [3.05, 3.63) is 65.0 Å². The number of alkyl halides is 3. The SMILES string of the molecule is CC(O)(CNC(=O)c1ccc(OC(F)(F)F)cc1)c1cc2ccccc2s1. The maximum absolute atomic E-state index is 12.2. The number of amides is 1. The van der Waals surface area contributed by atoms with E-state index < -0.39 is 23.6 Å². The maximum atomic E-state index is 12.2. The summed E-state index contributed by atoms with van der Waals surface area (Å²) in [6, 6.07) is 14.1. The Morgan fingerprint density at radius 1 is 1.15 bits per heavy atom.